The number of rotatable bonds is 5. The smallest absolute Gasteiger partial charge is 0.161 e. The lowest BCUT2D eigenvalue weighted by Crippen LogP contribution is -2.24. The van der Waals surface area contributed by atoms with Crippen molar-refractivity contribution in [1.82, 2.24) is 4.90 Å². The molecule has 0 bridgehead atoms. The minimum atomic E-state index is 0.361. The van der Waals surface area contributed by atoms with E-state index >= 15 is 0 Å². The van der Waals surface area contributed by atoms with Gasteiger partial charge in [0, 0.05) is 26.2 Å². The van der Waals surface area contributed by atoms with Gasteiger partial charge in [-0.1, -0.05) is 6.07 Å². The average molecular weight is 263 g/mol. The van der Waals surface area contributed by atoms with Crippen LogP contribution in [0.2, 0.25) is 0 Å². The Balaban J connectivity index is 1.62. The molecule has 0 amide bonds. The molecule has 3 atom stereocenters. The molecular weight excluding hydrogens is 242 g/mol. The summed E-state index contributed by atoms with van der Waals surface area (Å²) >= 11 is 0. The molecule has 104 valence electrons. The van der Waals surface area contributed by atoms with Gasteiger partial charge in [-0.3, -0.25) is 4.90 Å². The second-order valence-electron chi connectivity index (χ2n) is 5.56. The van der Waals surface area contributed by atoms with E-state index in [2.05, 4.69) is 11.0 Å². The normalized spacial score (nSPS) is 29.1. The summed E-state index contributed by atoms with van der Waals surface area (Å²) in [6, 6.07) is 6.10. The van der Waals surface area contributed by atoms with Gasteiger partial charge in [0.25, 0.3) is 0 Å². The fraction of sp³-hybridized carbons (Fsp3) is 0.600. The topological polar surface area (TPSA) is 41.9 Å². The predicted molar refractivity (Wildman–Crippen MR) is 72.4 cm³/mol. The van der Waals surface area contributed by atoms with Gasteiger partial charge in [-0.15, -0.1) is 0 Å². The van der Waals surface area contributed by atoms with Crippen molar-refractivity contribution in [2.45, 2.75) is 6.54 Å². The summed E-state index contributed by atoms with van der Waals surface area (Å²) in [5.74, 6) is 3.59. The van der Waals surface area contributed by atoms with Crippen molar-refractivity contribution >= 4 is 0 Å². The monoisotopic (exact) mass is 263 g/mol. The molecular formula is C15H21NO3. The van der Waals surface area contributed by atoms with Crippen molar-refractivity contribution in [3.05, 3.63) is 23.8 Å². The molecule has 0 aromatic heterocycles. The highest BCUT2D eigenvalue weighted by molar-refractivity contribution is 5.42. The SMILES string of the molecule is COc1ccc(CN2C[C@@H]3C(CO)[C@@H]3C2)cc1OC. The summed E-state index contributed by atoms with van der Waals surface area (Å²) in [5, 5.41) is 9.16. The molecule has 1 aromatic carbocycles. The summed E-state index contributed by atoms with van der Waals surface area (Å²) < 4.78 is 10.6. The van der Waals surface area contributed by atoms with Crippen LogP contribution in [-0.4, -0.2) is 43.9 Å². The maximum atomic E-state index is 9.16. The number of aliphatic hydroxyl groups is 1. The number of fused-ring (bicyclic) bond motifs is 1. The van der Waals surface area contributed by atoms with Crippen LogP contribution in [0.25, 0.3) is 0 Å². The highest BCUT2D eigenvalue weighted by Crippen LogP contribution is 2.51. The van der Waals surface area contributed by atoms with E-state index in [-0.39, 0.29) is 0 Å². The van der Waals surface area contributed by atoms with Gasteiger partial charge in [-0.2, -0.15) is 0 Å². The van der Waals surface area contributed by atoms with Gasteiger partial charge in [0.1, 0.15) is 0 Å². The second-order valence-corrected chi connectivity index (χ2v) is 5.56. The number of hydrogen-bond donors (Lipinski definition) is 1. The van der Waals surface area contributed by atoms with Crippen molar-refractivity contribution in [3.8, 4) is 11.5 Å². The number of nitrogens with zero attached hydrogens (tertiary/aromatic N) is 1. The van der Waals surface area contributed by atoms with Gasteiger partial charge < -0.3 is 14.6 Å². The minimum Gasteiger partial charge on any atom is -0.493 e. The number of piperidine rings is 1. The van der Waals surface area contributed by atoms with Gasteiger partial charge >= 0.3 is 0 Å². The molecule has 1 aliphatic heterocycles. The molecule has 0 radical (unpaired) electrons. The molecule has 1 aromatic rings. The number of ether oxygens (including phenoxy) is 2. The number of aliphatic hydroxyl groups excluding tert-OH is 1. The lowest BCUT2D eigenvalue weighted by Gasteiger charge is -2.19. The third-order valence-corrected chi connectivity index (χ3v) is 4.51. The van der Waals surface area contributed by atoms with Crippen molar-refractivity contribution in [3.63, 3.8) is 0 Å². The van der Waals surface area contributed by atoms with Crippen LogP contribution in [0.5, 0.6) is 11.5 Å². The first kappa shape index (κ1) is 12.8. The van der Waals surface area contributed by atoms with Crippen molar-refractivity contribution in [1.29, 1.82) is 0 Å². The van der Waals surface area contributed by atoms with E-state index in [4.69, 9.17) is 14.6 Å². The third-order valence-electron chi connectivity index (χ3n) is 4.51. The predicted octanol–water partition coefficient (Wildman–Crippen LogP) is 1.37. The van der Waals surface area contributed by atoms with Crippen molar-refractivity contribution in [2.24, 2.45) is 17.8 Å². The minimum absolute atomic E-state index is 0.361. The Labute approximate surface area is 113 Å². The van der Waals surface area contributed by atoms with E-state index in [0.717, 1.165) is 43.0 Å². The Bertz CT molecular complexity index is 451. The maximum Gasteiger partial charge on any atom is 0.161 e. The number of benzene rings is 1. The largest absolute Gasteiger partial charge is 0.493 e. The number of hydrogen-bond acceptors (Lipinski definition) is 4. The number of likely N-dealkylation sites (tertiary alicyclic amines) is 1. The van der Waals surface area contributed by atoms with Crippen LogP contribution in [-0.2, 0) is 6.54 Å². The summed E-state index contributed by atoms with van der Waals surface area (Å²) in [6.45, 7) is 3.54. The van der Waals surface area contributed by atoms with Crippen LogP contribution in [0, 0.1) is 17.8 Å². The molecule has 1 heterocycles. The van der Waals surface area contributed by atoms with Gasteiger partial charge in [-0.25, -0.2) is 0 Å². The lowest BCUT2D eigenvalue weighted by atomic mass is 10.1. The van der Waals surface area contributed by atoms with Crippen LogP contribution in [0.4, 0.5) is 0 Å². The molecule has 2 aliphatic rings. The molecule has 4 nitrogen and oxygen atoms in total. The van der Waals surface area contributed by atoms with Crippen LogP contribution in [0.15, 0.2) is 18.2 Å². The molecule has 1 saturated carbocycles. The van der Waals surface area contributed by atoms with Crippen LogP contribution < -0.4 is 9.47 Å². The third kappa shape index (κ3) is 2.30. The highest BCUT2D eigenvalue weighted by atomic mass is 16.5. The van der Waals surface area contributed by atoms with Crippen LogP contribution >= 0.6 is 0 Å². The van der Waals surface area contributed by atoms with E-state index in [1.165, 1.54) is 5.56 Å². The summed E-state index contributed by atoms with van der Waals surface area (Å²) in [5.41, 5.74) is 1.25. The molecule has 1 saturated heterocycles. The lowest BCUT2D eigenvalue weighted by molar-refractivity contribution is 0.217. The zero-order valence-corrected chi connectivity index (χ0v) is 11.5. The van der Waals surface area contributed by atoms with Crippen molar-refractivity contribution in [2.75, 3.05) is 33.9 Å². The molecule has 1 aliphatic carbocycles. The van der Waals surface area contributed by atoms with E-state index in [0.29, 0.717) is 12.5 Å². The van der Waals surface area contributed by atoms with Crippen LogP contribution in [0.1, 0.15) is 5.56 Å². The second kappa shape index (κ2) is 5.02. The molecule has 2 fully saturated rings. The zero-order chi connectivity index (χ0) is 13.4. The van der Waals surface area contributed by atoms with E-state index in [1.54, 1.807) is 14.2 Å². The standard InChI is InChI=1S/C15H21NO3/c1-18-14-4-3-10(5-15(14)19-2)6-16-7-11-12(8-16)13(11)9-17/h3-5,11-13,17H,6-9H2,1-2H3/t11-,12+,13?. The number of methoxy groups -OCH3 is 2. The molecule has 1 N–H and O–H groups in total. The Hall–Kier alpha value is -1.26. The van der Waals surface area contributed by atoms with E-state index in [9.17, 15) is 0 Å². The first-order chi connectivity index (χ1) is 9.26. The molecule has 3 rings (SSSR count). The van der Waals surface area contributed by atoms with Gasteiger partial charge in [-0.05, 0) is 35.4 Å². The maximum absolute atomic E-state index is 9.16. The molecule has 19 heavy (non-hydrogen) atoms. The quantitative estimate of drug-likeness (QED) is 0.871. The van der Waals surface area contributed by atoms with Gasteiger partial charge in [0.05, 0.1) is 14.2 Å². The van der Waals surface area contributed by atoms with E-state index < -0.39 is 0 Å². The van der Waals surface area contributed by atoms with Gasteiger partial charge in [0.15, 0.2) is 11.5 Å². The fourth-order valence-electron chi connectivity index (χ4n) is 3.37. The first-order valence-corrected chi connectivity index (χ1v) is 6.81. The average Bonchev–Trinajstić information content (AvgIpc) is 2.92. The summed E-state index contributed by atoms with van der Waals surface area (Å²) in [4.78, 5) is 2.46. The Morgan fingerprint density at radius 3 is 2.42 bits per heavy atom. The van der Waals surface area contributed by atoms with Crippen LogP contribution in [0.3, 0.4) is 0 Å². The zero-order valence-electron chi connectivity index (χ0n) is 11.5. The Morgan fingerprint density at radius 2 is 1.84 bits per heavy atom. The Kier molecular flexibility index (Phi) is 3.37. The highest BCUT2D eigenvalue weighted by Gasteiger charge is 2.54. The molecule has 0 spiro atoms. The molecule has 4 heteroatoms. The summed E-state index contributed by atoms with van der Waals surface area (Å²) in [6.07, 6.45) is 0. The summed E-state index contributed by atoms with van der Waals surface area (Å²) in [7, 11) is 3.32. The van der Waals surface area contributed by atoms with E-state index in [1.807, 2.05) is 12.1 Å². The fourth-order valence-corrected chi connectivity index (χ4v) is 3.37. The van der Waals surface area contributed by atoms with Gasteiger partial charge in [0.2, 0.25) is 0 Å². The molecule has 1 unspecified atom stereocenters. The first-order valence-electron chi connectivity index (χ1n) is 6.81. The van der Waals surface area contributed by atoms with Crippen molar-refractivity contribution < 1.29 is 14.6 Å². The Morgan fingerprint density at radius 1 is 1.16 bits per heavy atom.